The first kappa shape index (κ1) is 23.8. The predicted octanol–water partition coefficient (Wildman–Crippen LogP) is 4.41. The fourth-order valence-corrected chi connectivity index (χ4v) is 4.57. The number of nitrogens with two attached hydrogens (primary N) is 1. The molecule has 1 aliphatic rings. The van der Waals surface area contributed by atoms with E-state index in [0.29, 0.717) is 11.9 Å². The Hall–Kier alpha value is -3.97. The molecule has 0 unspecified atom stereocenters. The van der Waals surface area contributed by atoms with Crippen molar-refractivity contribution in [1.29, 1.82) is 0 Å². The van der Waals surface area contributed by atoms with Crippen LogP contribution in [0.4, 0.5) is 0 Å². The summed E-state index contributed by atoms with van der Waals surface area (Å²) >= 11 is 0. The maximum absolute atomic E-state index is 11.3. The summed E-state index contributed by atoms with van der Waals surface area (Å²) in [6, 6.07) is 25.2. The van der Waals surface area contributed by atoms with Gasteiger partial charge in [-0.15, -0.1) is 5.10 Å². The number of piperidine rings is 1. The number of primary amides is 1. The molecule has 5 rings (SSSR count). The summed E-state index contributed by atoms with van der Waals surface area (Å²) in [7, 11) is 2.16. The van der Waals surface area contributed by atoms with E-state index in [-0.39, 0.29) is 5.82 Å². The van der Waals surface area contributed by atoms with Crippen LogP contribution in [0.15, 0.2) is 72.8 Å². The maximum Gasteiger partial charge on any atom is 0.288 e. The number of amides is 1. The minimum absolute atomic E-state index is 0.0242. The van der Waals surface area contributed by atoms with E-state index in [4.69, 9.17) is 10.5 Å². The zero-order chi connectivity index (χ0) is 25.1. The number of carbonyl (C=O) groups is 1. The van der Waals surface area contributed by atoms with E-state index < -0.39 is 5.91 Å². The second-order valence-electron chi connectivity index (χ2n) is 9.44. The molecule has 0 aliphatic carbocycles. The second-order valence-corrected chi connectivity index (χ2v) is 9.44. The number of likely N-dealkylation sites (tertiary alicyclic amines) is 1. The number of rotatable bonds is 7. The zero-order valence-electron chi connectivity index (χ0n) is 20.7. The van der Waals surface area contributed by atoms with Gasteiger partial charge in [0.25, 0.3) is 5.91 Å². The van der Waals surface area contributed by atoms with E-state index in [1.54, 1.807) is 11.6 Å². The lowest BCUT2D eigenvalue weighted by molar-refractivity contribution is 0.0990. The molecule has 7 nitrogen and oxygen atoms in total. The largest absolute Gasteiger partial charge is 0.490 e. The number of aromatic nitrogens is 3. The van der Waals surface area contributed by atoms with Crippen molar-refractivity contribution in [3.63, 3.8) is 0 Å². The van der Waals surface area contributed by atoms with Crippen LogP contribution < -0.4 is 10.5 Å². The summed E-state index contributed by atoms with van der Waals surface area (Å²) in [5, 5.41) is 4.19. The fourth-order valence-electron chi connectivity index (χ4n) is 4.57. The molecule has 1 amide bonds. The van der Waals surface area contributed by atoms with Crippen LogP contribution >= 0.6 is 0 Å². The van der Waals surface area contributed by atoms with E-state index in [0.717, 1.165) is 43.8 Å². The molecule has 3 aromatic carbocycles. The number of hydrogen-bond acceptors (Lipinski definition) is 5. The predicted molar refractivity (Wildman–Crippen MR) is 140 cm³/mol. The van der Waals surface area contributed by atoms with Crippen molar-refractivity contribution >= 4 is 5.91 Å². The van der Waals surface area contributed by atoms with E-state index >= 15 is 0 Å². The van der Waals surface area contributed by atoms with Crippen molar-refractivity contribution in [1.82, 2.24) is 19.7 Å². The average Bonchev–Trinajstić information content (AvgIpc) is 3.29. The Labute approximate surface area is 211 Å². The van der Waals surface area contributed by atoms with Crippen LogP contribution in [0.1, 0.15) is 40.4 Å². The highest BCUT2D eigenvalue weighted by molar-refractivity contribution is 5.88. The summed E-state index contributed by atoms with van der Waals surface area (Å²) in [6.45, 7) is 3.99. The summed E-state index contributed by atoms with van der Waals surface area (Å²) in [4.78, 5) is 17.8. The molecule has 184 valence electrons. The molecule has 1 fully saturated rings. The summed E-state index contributed by atoms with van der Waals surface area (Å²) in [5.41, 5.74) is 10.9. The highest BCUT2D eigenvalue weighted by Crippen LogP contribution is 2.25. The lowest BCUT2D eigenvalue weighted by atomic mass is 10.00. The zero-order valence-corrected chi connectivity index (χ0v) is 20.7. The summed E-state index contributed by atoms with van der Waals surface area (Å²) in [5.74, 6) is 0.957. The van der Waals surface area contributed by atoms with Gasteiger partial charge < -0.3 is 15.4 Å². The van der Waals surface area contributed by atoms with Crippen molar-refractivity contribution in [2.24, 2.45) is 5.73 Å². The third-order valence-electron chi connectivity index (χ3n) is 6.69. The van der Waals surface area contributed by atoms with Gasteiger partial charge in [-0.05, 0) is 79.8 Å². The van der Waals surface area contributed by atoms with Gasteiger partial charge in [-0.25, -0.2) is 9.67 Å². The van der Waals surface area contributed by atoms with Gasteiger partial charge in [0.2, 0.25) is 5.82 Å². The third-order valence-corrected chi connectivity index (χ3v) is 6.69. The number of hydrogen-bond donors (Lipinski definition) is 1. The van der Waals surface area contributed by atoms with Gasteiger partial charge in [-0.2, -0.15) is 0 Å². The van der Waals surface area contributed by atoms with Gasteiger partial charge in [0.15, 0.2) is 0 Å². The Morgan fingerprint density at radius 1 is 0.917 bits per heavy atom. The van der Waals surface area contributed by atoms with Crippen molar-refractivity contribution < 1.29 is 9.53 Å². The van der Waals surface area contributed by atoms with Gasteiger partial charge in [-0.3, -0.25) is 4.79 Å². The Morgan fingerprint density at radius 2 is 1.47 bits per heavy atom. The van der Waals surface area contributed by atoms with Crippen LogP contribution in [-0.4, -0.2) is 51.8 Å². The number of benzene rings is 3. The van der Waals surface area contributed by atoms with Crippen molar-refractivity contribution in [2.45, 2.75) is 32.3 Å². The van der Waals surface area contributed by atoms with Crippen LogP contribution in [-0.2, 0) is 6.42 Å². The van der Waals surface area contributed by atoms with Crippen molar-refractivity contribution in [2.75, 3.05) is 20.1 Å². The molecule has 1 aliphatic heterocycles. The second kappa shape index (κ2) is 10.3. The number of ether oxygens (including phenoxy) is 1. The van der Waals surface area contributed by atoms with Crippen LogP contribution in [0.5, 0.6) is 5.75 Å². The van der Waals surface area contributed by atoms with Gasteiger partial charge >= 0.3 is 0 Å². The molecule has 0 saturated carbocycles. The molecule has 7 heteroatoms. The minimum Gasteiger partial charge on any atom is -0.490 e. The Balaban J connectivity index is 1.20. The number of nitrogens with zero attached hydrogens (tertiary/aromatic N) is 4. The molecule has 36 heavy (non-hydrogen) atoms. The normalized spacial score (nSPS) is 14.6. The Morgan fingerprint density at radius 3 is 2.03 bits per heavy atom. The monoisotopic (exact) mass is 481 g/mol. The molecule has 0 spiro atoms. The lowest BCUT2D eigenvalue weighted by Gasteiger charge is -2.29. The highest BCUT2D eigenvalue weighted by Gasteiger charge is 2.18. The molecule has 1 aromatic heterocycles. The first-order chi connectivity index (χ1) is 17.4. The molecule has 4 aromatic rings. The van der Waals surface area contributed by atoms with Crippen LogP contribution in [0.2, 0.25) is 0 Å². The summed E-state index contributed by atoms with van der Waals surface area (Å²) < 4.78 is 7.81. The quantitative estimate of drug-likeness (QED) is 0.423. The standard InChI is InChI=1S/C29H31N5O2/c1-20-31-29(28(30)35)32-34(20)25-11-5-22(6-12-25)19-21-3-7-23(8-4-21)24-9-13-26(14-10-24)36-27-15-17-33(2)18-16-27/h3-14,27H,15-19H2,1-2H3,(H2,30,35). The number of aryl methyl sites for hydroxylation is 1. The maximum atomic E-state index is 11.3. The smallest absolute Gasteiger partial charge is 0.288 e. The topological polar surface area (TPSA) is 86.3 Å². The van der Waals surface area contributed by atoms with Gasteiger partial charge in [0, 0.05) is 13.1 Å². The fraction of sp³-hybridized carbons (Fsp3) is 0.276. The van der Waals surface area contributed by atoms with Crippen LogP contribution in [0.3, 0.4) is 0 Å². The van der Waals surface area contributed by atoms with E-state index in [9.17, 15) is 4.79 Å². The molecule has 0 atom stereocenters. The third kappa shape index (κ3) is 5.47. The highest BCUT2D eigenvalue weighted by atomic mass is 16.5. The van der Waals surface area contributed by atoms with Crippen molar-refractivity contribution in [3.05, 3.63) is 95.6 Å². The van der Waals surface area contributed by atoms with E-state index in [1.807, 2.05) is 12.1 Å². The molecule has 2 N–H and O–H groups in total. The number of carbonyl (C=O) groups excluding carboxylic acids is 1. The molecule has 0 radical (unpaired) electrons. The molecule has 2 heterocycles. The van der Waals surface area contributed by atoms with E-state index in [1.165, 1.54) is 22.3 Å². The molecule has 0 bridgehead atoms. The molecule has 1 saturated heterocycles. The first-order valence-electron chi connectivity index (χ1n) is 12.3. The first-order valence-corrected chi connectivity index (χ1v) is 12.3. The van der Waals surface area contributed by atoms with Gasteiger partial charge in [-0.1, -0.05) is 48.5 Å². The van der Waals surface area contributed by atoms with Crippen LogP contribution in [0.25, 0.3) is 16.8 Å². The van der Waals surface area contributed by atoms with Crippen molar-refractivity contribution in [3.8, 4) is 22.6 Å². The van der Waals surface area contributed by atoms with Gasteiger partial charge in [0.1, 0.15) is 17.7 Å². The average molecular weight is 482 g/mol. The SMILES string of the molecule is Cc1nc(C(N)=O)nn1-c1ccc(Cc2ccc(-c3ccc(OC4CCN(C)CC4)cc3)cc2)cc1. The van der Waals surface area contributed by atoms with Gasteiger partial charge in [0.05, 0.1) is 5.69 Å². The Bertz CT molecular complexity index is 1320. The van der Waals surface area contributed by atoms with E-state index in [2.05, 4.69) is 82.7 Å². The molecular formula is C29H31N5O2. The lowest BCUT2D eigenvalue weighted by Crippen LogP contribution is -2.35. The summed E-state index contributed by atoms with van der Waals surface area (Å²) in [6.07, 6.45) is 3.30. The molecular weight excluding hydrogens is 450 g/mol. The minimum atomic E-state index is -0.631. The Kier molecular flexibility index (Phi) is 6.82. The van der Waals surface area contributed by atoms with Crippen LogP contribution in [0, 0.1) is 6.92 Å².